The van der Waals surface area contributed by atoms with Crippen LogP contribution in [-0.4, -0.2) is 44.4 Å². The van der Waals surface area contributed by atoms with E-state index in [1.165, 1.54) is 15.6 Å². The fourth-order valence-electron chi connectivity index (χ4n) is 1.89. The molecule has 0 radical (unpaired) electrons. The first-order valence-corrected chi connectivity index (χ1v) is 10.8. The summed E-state index contributed by atoms with van der Waals surface area (Å²) in [5.41, 5.74) is 1.05. The third kappa shape index (κ3) is 4.96. The minimum Gasteiger partial charge on any atom is -0.312 e. The summed E-state index contributed by atoms with van der Waals surface area (Å²) in [5.74, 6) is 0.797. The van der Waals surface area contributed by atoms with Gasteiger partial charge in [-0.05, 0) is 44.7 Å². The first kappa shape index (κ1) is 19.0. The summed E-state index contributed by atoms with van der Waals surface area (Å²) >= 11 is 3.04. The largest absolute Gasteiger partial charge is 0.312 e. The SMILES string of the molecule is CCCNCc1sc(S(=O)(=O)N(C)C(C)CSC)cc1C. The maximum atomic E-state index is 12.7. The van der Waals surface area contributed by atoms with Crippen molar-refractivity contribution in [1.82, 2.24) is 9.62 Å². The molecule has 7 heteroatoms. The molecular formula is C14H26N2O2S3. The van der Waals surface area contributed by atoms with Crippen molar-refractivity contribution in [1.29, 1.82) is 0 Å². The summed E-state index contributed by atoms with van der Waals surface area (Å²) in [6.07, 6.45) is 3.06. The molecule has 1 unspecified atom stereocenters. The molecular weight excluding hydrogens is 324 g/mol. The highest BCUT2D eigenvalue weighted by Gasteiger charge is 2.27. The number of aryl methyl sites for hydroxylation is 1. The second-order valence-corrected chi connectivity index (χ2v) is 9.45. The number of thiophene rings is 1. The van der Waals surface area contributed by atoms with Gasteiger partial charge >= 0.3 is 0 Å². The van der Waals surface area contributed by atoms with E-state index in [9.17, 15) is 8.42 Å². The average Bonchev–Trinajstić information content (AvgIpc) is 2.81. The summed E-state index contributed by atoms with van der Waals surface area (Å²) in [4.78, 5) is 1.10. The Balaban J connectivity index is 2.91. The molecule has 1 rings (SSSR count). The van der Waals surface area contributed by atoms with Crippen LogP contribution in [0.1, 0.15) is 30.7 Å². The smallest absolute Gasteiger partial charge is 0.252 e. The molecule has 0 aliphatic rings. The standard InChI is InChI=1S/C14H26N2O2S3/c1-6-7-15-9-13-11(2)8-14(20-13)21(17,18)16(4)12(3)10-19-5/h8,12,15H,6-7,9-10H2,1-5H3. The number of thioether (sulfide) groups is 1. The highest BCUT2D eigenvalue weighted by atomic mass is 32.2. The van der Waals surface area contributed by atoms with Crippen LogP contribution in [0.15, 0.2) is 10.3 Å². The van der Waals surface area contributed by atoms with Gasteiger partial charge in [-0.25, -0.2) is 8.42 Å². The number of hydrogen-bond acceptors (Lipinski definition) is 5. The molecule has 0 bridgehead atoms. The molecule has 1 heterocycles. The molecule has 21 heavy (non-hydrogen) atoms. The number of sulfonamides is 1. The average molecular weight is 351 g/mol. The molecule has 0 aliphatic heterocycles. The van der Waals surface area contributed by atoms with Crippen LogP contribution in [0.25, 0.3) is 0 Å². The lowest BCUT2D eigenvalue weighted by molar-refractivity contribution is 0.416. The predicted molar refractivity (Wildman–Crippen MR) is 93.8 cm³/mol. The number of rotatable bonds is 9. The zero-order valence-electron chi connectivity index (χ0n) is 13.5. The third-order valence-corrected chi connectivity index (χ3v) is 7.85. The van der Waals surface area contributed by atoms with Crippen LogP contribution < -0.4 is 5.32 Å². The van der Waals surface area contributed by atoms with E-state index >= 15 is 0 Å². The summed E-state index contributed by atoms with van der Waals surface area (Å²) in [6.45, 7) is 7.72. The van der Waals surface area contributed by atoms with Gasteiger partial charge in [-0.2, -0.15) is 16.1 Å². The lowest BCUT2D eigenvalue weighted by Gasteiger charge is -2.22. The minimum atomic E-state index is -3.38. The van der Waals surface area contributed by atoms with Gasteiger partial charge in [0.25, 0.3) is 10.0 Å². The van der Waals surface area contributed by atoms with Crippen LogP contribution >= 0.6 is 23.1 Å². The zero-order chi connectivity index (χ0) is 16.0. The van der Waals surface area contributed by atoms with Gasteiger partial charge in [-0.15, -0.1) is 11.3 Å². The van der Waals surface area contributed by atoms with Gasteiger partial charge in [0.1, 0.15) is 4.21 Å². The minimum absolute atomic E-state index is 0.00549. The number of nitrogens with one attached hydrogen (secondary N) is 1. The van der Waals surface area contributed by atoms with Gasteiger partial charge < -0.3 is 5.32 Å². The molecule has 0 saturated heterocycles. The molecule has 0 aromatic carbocycles. The topological polar surface area (TPSA) is 49.4 Å². The number of hydrogen-bond donors (Lipinski definition) is 1. The zero-order valence-corrected chi connectivity index (χ0v) is 15.9. The van der Waals surface area contributed by atoms with Crippen LogP contribution in [0, 0.1) is 6.92 Å². The summed E-state index contributed by atoms with van der Waals surface area (Å²) in [7, 11) is -1.71. The van der Waals surface area contributed by atoms with E-state index in [0.717, 1.165) is 35.7 Å². The normalized spacial score (nSPS) is 13.8. The van der Waals surface area contributed by atoms with Crippen LogP contribution in [0.5, 0.6) is 0 Å². The Hall–Kier alpha value is -0.0800. The summed E-state index contributed by atoms with van der Waals surface area (Å²) in [6, 6.07) is 1.79. The Kier molecular flexibility index (Phi) is 7.70. The van der Waals surface area contributed by atoms with Gasteiger partial charge in [0.2, 0.25) is 0 Å². The van der Waals surface area contributed by atoms with E-state index in [-0.39, 0.29) is 6.04 Å². The van der Waals surface area contributed by atoms with Crippen LogP contribution in [0.4, 0.5) is 0 Å². The molecule has 1 aromatic heterocycles. The quantitative estimate of drug-likeness (QED) is 0.696. The van der Waals surface area contributed by atoms with Crippen LogP contribution in [0.2, 0.25) is 0 Å². The second kappa shape index (κ2) is 8.53. The highest BCUT2D eigenvalue weighted by Crippen LogP contribution is 2.29. The van der Waals surface area contributed by atoms with E-state index in [1.54, 1.807) is 24.9 Å². The van der Waals surface area contributed by atoms with Crippen molar-refractivity contribution < 1.29 is 8.42 Å². The first-order chi connectivity index (χ1) is 9.84. The van der Waals surface area contributed by atoms with E-state index < -0.39 is 10.0 Å². The Morgan fingerprint density at radius 1 is 1.48 bits per heavy atom. The molecule has 4 nitrogen and oxygen atoms in total. The van der Waals surface area contributed by atoms with Gasteiger partial charge in [0, 0.05) is 30.3 Å². The van der Waals surface area contributed by atoms with E-state index in [2.05, 4.69) is 12.2 Å². The fraction of sp³-hybridized carbons (Fsp3) is 0.714. The van der Waals surface area contributed by atoms with Crippen molar-refractivity contribution in [3.05, 3.63) is 16.5 Å². The van der Waals surface area contributed by atoms with Crippen molar-refractivity contribution in [3.8, 4) is 0 Å². The molecule has 1 N–H and O–H groups in total. The van der Waals surface area contributed by atoms with E-state index in [1.807, 2.05) is 20.1 Å². The van der Waals surface area contributed by atoms with Crippen LogP contribution in [0.3, 0.4) is 0 Å². The third-order valence-electron chi connectivity index (χ3n) is 3.37. The van der Waals surface area contributed by atoms with Crippen molar-refractivity contribution in [2.75, 3.05) is 25.6 Å². The van der Waals surface area contributed by atoms with E-state index in [4.69, 9.17) is 0 Å². The first-order valence-electron chi connectivity index (χ1n) is 7.11. The lowest BCUT2D eigenvalue weighted by Crippen LogP contribution is -2.36. The van der Waals surface area contributed by atoms with Crippen molar-refractivity contribution >= 4 is 33.1 Å². The molecule has 1 aromatic rings. The molecule has 0 fully saturated rings. The molecule has 0 aliphatic carbocycles. The van der Waals surface area contributed by atoms with Gasteiger partial charge in [0.15, 0.2) is 0 Å². The van der Waals surface area contributed by atoms with Crippen molar-refractivity contribution in [2.45, 2.75) is 44.0 Å². The Labute approximate surface area is 137 Å². The molecule has 122 valence electrons. The molecule has 1 atom stereocenters. The Morgan fingerprint density at radius 2 is 2.14 bits per heavy atom. The van der Waals surface area contributed by atoms with Crippen molar-refractivity contribution in [2.24, 2.45) is 0 Å². The molecule has 0 amide bonds. The maximum Gasteiger partial charge on any atom is 0.252 e. The van der Waals surface area contributed by atoms with Gasteiger partial charge in [-0.3, -0.25) is 0 Å². The number of nitrogens with zero attached hydrogens (tertiary/aromatic N) is 1. The fourth-order valence-corrected chi connectivity index (χ4v) is 5.80. The highest BCUT2D eigenvalue weighted by molar-refractivity contribution is 7.98. The van der Waals surface area contributed by atoms with Crippen LogP contribution in [-0.2, 0) is 16.6 Å². The Bertz CT molecular complexity index is 540. The van der Waals surface area contributed by atoms with Crippen molar-refractivity contribution in [3.63, 3.8) is 0 Å². The molecule has 0 saturated carbocycles. The predicted octanol–water partition coefficient (Wildman–Crippen LogP) is 2.93. The lowest BCUT2D eigenvalue weighted by atomic mass is 10.3. The summed E-state index contributed by atoms with van der Waals surface area (Å²) < 4.78 is 27.2. The van der Waals surface area contributed by atoms with Gasteiger partial charge in [0.05, 0.1) is 0 Å². The second-order valence-electron chi connectivity index (χ2n) is 5.17. The monoisotopic (exact) mass is 350 g/mol. The summed E-state index contributed by atoms with van der Waals surface area (Å²) in [5, 5.41) is 3.33. The maximum absolute atomic E-state index is 12.7. The Morgan fingerprint density at radius 3 is 2.71 bits per heavy atom. The molecule has 0 spiro atoms. The van der Waals surface area contributed by atoms with E-state index in [0.29, 0.717) is 4.21 Å². The van der Waals surface area contributed by atoms with Gasteiger partial charge in [-0.1, -0.05) is 6.92 Å².